The Balaban J connectivity index is 2.17. The van der Waals surface area contributed by atoms with Crippen LogP contribution in [0.4, 0.5) is 0 Å². The lowest BCUT2D eigenvalue weighted by Gasteiger charge is -2.25. The van der Waals surface area contributed by atoms with E-state index >= 15 is 0 Å². The SMILES string of the molecule is NCCCCC(NC(=O)C(N)CCC(N)=O)C(=O)NC(CCCCN)C(=O)NC(Cc1c[nH]c2ccccc12)C(=O)O. The van der Waals surface area contributed by atoms with E-state index in [-0.39, 0.29) is 32.1 Å². The fourth-order valence-corrected chi connectivity index (χ4v) is 4.50. The van der Waals surface area contributed by atoms with Crippen molar-refractivity contribution in [3.63, 3.8) is 0 Å². The molecule has 0 saturated heterocycles. The minimum atomic E-state index is -1.26. The molecule has 0 aliphatic rings. The molecule has 4 amide bonds. The molecule has 0 bridgehead atoms. The van der Waals surface area contributed by atoms with Gasteiger partial charge in [0.05, 0.1) is 6.04 Å². The number of carboxylic acid groups (broad SMARTS) is 1. The third-order valence-electron chi connectivity index (χ3n) is 6.91. The largest absolute Gasteiger partial charge is 0.480 e. The lowest BCUT2D eigenvalue weighted by molar-refractivity contribution is -0.142. The van der Waals surface area contributed by atoms with Crippen LogP contribution in [-0.4, -0.2) is 76.9 Å². The molecule has 14 heteroatoms. The van der Waals surface area contributed by atoms with Crippen molar-refractivity contribution in [1.29, 1.82) is 0 Å². The number of H-pyrrole nitrogens is 1. The Morgan fingerprint density at radius 3 is 1.88 bits per heavy atom. The van der Waals surface area contributed by atoms with E-state index in [2.05, 4.69) is 20.9 Å². The number of aromatic amines is 1. The number of nitrogens with one attached hydrogen (secondary N) is 4. The normalized spacial score (nSPS) is 14.0. The number of unbranched alkanes of at least 4 members (excludes halogenated alkanes) is 2. The average molecular weight is 589 g/mol. The second-order valence-corrected chi connectivity index (χ2v) is 10.3. The summed E-state index contributed by atoms with van der Waals surface area (Å²) in [4.78, 5) is 65.6. The number of carboxylic acids is 1. The quantitative estimate of drug-likeness (QED) is 0.0866. The molecule has 232 valence electrons. The van der Waals surface area contributed by atoms with Crippen molar-refractivity contribution < 1.29 is 29.1 Å². The molecular formula is C28H44N8O6. The molecule has 1 aromatic carbocycles. The van der Waals surface area contributed by atoms with Crippen LogP contribution in [0.25, 0.3) is 10.9 Å². The van der Waals surface area contributed by atoms with Crippen molar-refractivity contribution in [3.8, 4) is 0 Å². The Morgan fingerprint density at radius 1 is 0.786 bits per heavy atom. The number of rotatable bonds is 20. The van der Waals surface area contributed by atoms with Gasteiger partial charge in [-0.05, 0) is 69.7 Å². The molecule has 0 aliphatic carbocycles. The zero-order valence-electron chi connectivity index (χ0n) is 23.8. The third-order valence-corrected chi connectivity index (χ3v) is 6.91. The second-order valence-electron chi connectivity index (χ2n) is 10.3. The van der Waals surface area contributed by atoms with E-state index in [1.54, 1.807) is 6.20 Å². The van der Waals surface area contributed by atoms with Crippen molar-refractivity contribution in [3.05, 3.63) is 36.0 Å². The Kier molecular flexibility index (Phi) is 14.4. The smallest absolute Gasteiger partial charge is 0.326 e. The zero-order chi connectivity index (χ0) is 31.1. The van der Waals surface area contributed by atoms with Crippen molar-refractivity contribution in [2.75, 3.05) is 13.1 Å². The highest BCUT2D eigenvalue weighted by molar-refractivity contribution is 5.94. The number of primary amides is 1. The molecule has 0 spiro atoms. The summed E-state index contributed by atoms with van der Waals surface area (Å²) < 4.78 is 0. The van der Waals surface area contributed by atoms with Crippen LogP contribution in [-0.2, 0) is 30.4 Å². The van der Waals surface area contributed by atoms with E-state index < -0.39 is 53.8 Å². The van der Waals surface area contributed by atoms with Gasteiger partial charge in [-0.3, -0.25) is 19.2 Å². The Bertz CT molecular complexity index is 1200. The van der Waals surface area contributed by atoms with Gasteiger partial charge in [0, 0.05) is 29.9 Å². The molecule has 14 nitrogen and oxygen atoms in total. The van der Waals surface area contributed by atoms with Crippen LogP contribution in [0.2, 0.25) is 0 Å². The number of hydrogen-bond acceptors (Lipinski definition) is 8. The van der Waals surface area contributed by atoms with Gasteiger partial charge in [-0.15, -0.1) is 0 Å². The van der Waals surface area contributed by atoms with Crippen LogP contribution in [0.3, 0.4) is 0 Å². The van der Waals surface area contributed by atoms with Gasteiger partial charge in [0.2, 0.25) is 23.6 Å². The van der Waals surface area contributed by atoms with Crippen LogP contribution in [0, 0.1) is 0 Å². The summed E-state index contributed by atoms with van der Waals surface area (Å²) >= 11 is 0. The Morgan fingerprint density at radius 2 is 1.33 bits per heavy atom. The number of hydrogen-bond donors (Lipinski definition) is 9. The molecule has 0 fully saturated rings. The maximum atomic E-state index is 13.3. The van der Waals surface area contributed by atoms with Crippen LogP contribution in [0.5, 0.6) is 0 Å². The molecule has 4 unspecified atom stereocenters. The number of nitrogens with two attached hydrogens (primary N) is 4. The van der Waals surface area contributed by atoms with Crippen molar-refractivity contribution in [2.24, 2.45) is 22.9 Å². The lowest BCUT2D eigenvalue weighted by Crippen LogP contribution is -2.57. The fraction of sp³-hybridized carbons (Fsp3) is 0.536. The number of para-hydroxylation sites is 1. The third kappa shape index (κ3) is 11.1. The van der Waals surface area contributed by atoms with Gasteiger partial charge >= 0.3 is 5.97 Å². The lowest BCUT2D eigenvalue weighted by atomic mass is 10.0. The van der Waals surface area contributed by atoms with Gasteiger partial charge in [-0.25, -0.2) is 4.79 Å². The Hall–Kier alpha value is -4.01. The fourth-order valence-electron chi connectivity index (χ4n) is 4.50. The molecule has 0 aliphatic heterocycles. The summed E-state index contributed by atoms with van der Waals surface area (Å²) in [6.45, 7) is 0.763. The highest BCUT2D eigenvalue weighted by Gasteiger charge is 2.30. The summed E-state index contributed by atoms with van der Waals surface area (Å²) in [6, 6.07) is 2.99. The first-order valence-electron chi connectivity index (χ1n) is 14.2. The first kappa shape index (κ1) is 34.2. The van der Waals surface area contributed by atoms with Gasteiger partial charge in [0.15, 0.2) is 0 Å². The minimum absolute atomic E-state index is 0.00936. The maximum Gasteiger partial charge on any atom is 0.326 e. The number of aliphatic carboxylic acids is 1. The van der Waals surface area contributed by atoms with Gasteiger partial charge in [-0.1, -0.05) is 18.2 Å². The number of carbonyl (C=O) groups excluding carboxylic acids is 4. The summed E-state index contributed by atoms with van der Waals surface area (Å²) in [5, 5.41) is 18.6. The molecule has 13 N–H and O–H groups in total. The topological polar surface area (TPSA) is 262 Å². The zero-order valence-corrected chi connectivity index (χ0v) is 23.8. The molecule has 0 saturated carbocycles. The number of aromatic nitrogens is 1. The number of fused-ring (bicyclic) bond motifs is 1. The maximum absolute atomic E-state index is 13.3. The molecule has 0 radical (unpaired) electrons. The molecule has 1 heterocycles. The monoisotopic (exact) mass is 588 g/mol. The van der Waals surface area contributed by atoms with Crippen molar-refractivity contribution in [2.45, 2.75) is 82.0 Å². The summed E-state index contributed by atoms with van der Waals surface area (Å²) in [5.74, 6) is -3.77. The van der Waals surface area contributed by atoms with Gasteiger partial charge in [0.25, 0.3) is 0 Å². The van der Waals surface area contributed by atoms with E-state index in [0.29, 0.717) is 38.8 Å². The minimum Gasteiger partial charge on any atom is -0.480 e. The molecule has 42 heavy (non-hydrogen) atoms. The predicted molar refractivity (Wildman–Crippen MR) is 158 cm³/mol. The molecule has 4 atom stereocenters. The molecule has 1 aromatic heterocycles. The molecule has 2 rings (SSSR count). The van der Waals surface area contributed by atoms with E-state index in [1.807, 2.05) is 24.3 Å². The van der Waals surface area contributed by atoms with Crippen LogP contribution >= 0.6 is 0 Å². The van der Waals surface area contributed by atoms with E-state index in [1.165, 1.54) is 0 Å². The van der Waals surface area contributed by atoms with E-state index in [0.717, 1.165) is 16.5 Å². The molecular weight excluding hydrogens is 544 g/mol. The van der Waals surface area contributed by atoms with Gasteiger partial charge < -0.3 is 49.0 Å². The summed E-state index contributed by atoms with van der Waals surface area (Å²) in [6.07, 6.45) is 4.28. The van der Waals surface area contributed by atoms with Crippen LogP contribution in [0.15, 0.2) is 30.5 Å². The highest BCUT2D eigenvalue weighted by atomic mass is 16.4. The number of amides is 4. The standard InChI is InChI=1S/C28H44N8O6/c29-13-5-3-9-21(34-25(38)19(31)11-12-24(32)37)26(39)35-22(10-4-6-14-30)27(40)36-23(28(41)42)15-17-16-33-20-8-2-1-7-18(17)20/h1-2,7-8,16,19,21-23,33H,3-6,9-15,29-31H2,(H2,32,37)(H,34,38)(H,35,39)(H,36,40)(H,41,42). The Labute approximate surface area is 244 Å². The average Bonchev–Trinajstić information content (AvgIpc) is 3.37. The van der Waals surface area contributed by atoms with Gasteiger partial charge in [-0.2, -0.15) is 0 Å². The number of carbonyl (C=O) groups is 5. The van der Waals surface area contributed by atoms with E-state index in [4.69, 9.17) is 22.9 Å². The molecule has 2 aromatic rings. The van der Waals surface area contributed by atoms with Crippen molar-refractivity contribution in [1.82, 2.24) is 20.9 Å². The first-order chi connectivity index (χ1) is 20.1. The van der Waals surface area contributed by atoms with Gasteiger partial charge in [0.1, 0.15) is 18.1 Å². The van der Waals surface area contributed by atoms with Crippen molar-refractivity contribution >= 4 is 40.5 Å². The van der Waals surface area contributed by atoms with Crippen LogP contribution < -0.4 is 38.9 Å². The first-order valence-corrected chi connectivity index (χ1v) is 14.2. The highest BCUT2D eigenvalue weighted by Crippen LogP contribution is 2.19. The number of benzene rings is 1. The summed E-state index contributed by atoms with van der Waals surface area (Å²) in [5.41, 5.74) is 23.8. The van der Waals surface area contributed by atoms with E-state index in [9.17, 15) is 29.1 Å². The van der Waals surface area contributed by atoms with Crippen LogP contribution in [0.1, 0.15) is 56.9 Å². The summed E-state index contributed by atoms with van der Waals surface area (Å²) in [7, 11) is 0. The second kappa shape index (κ2) is 17.7. The predicted octanol–water partition coefficient (Wildman–Crippen LogP) is -0.900.